The molecule has 0 bridgehead atoms. The van der Waals surface area contributed by atoms with Crippen LogP contribution in [0.2, 0.25) is 0 Å². The van der Waals surface area contributed by atoms with Gasteiger partial charge in [0.25, 0.3) is 0 Å². The van der Waals surface area contributed by atoms with Gasteiger partial charge in [0.2, 0.25) is 0 Å². The summed E-state index contributed by atoms with van der Waals surface area (Å²) in [6.45, 7) is 12.4. The average Bonchev–Trinajstić information content (AvgIpc) is 0.774. The number of unbranched alkanes of at least 4 members (excludes halogenated alkanes) is 2. The van der Waals surface area contributed by atoms with Crippen LogP contribution < -0.4 is 0 Å². The van der Waals surface area contributed by atoms with E-state index in [1.165, 1.54) is 85.5 Å². The van der Waals surface area contributed by atoms with Crippen molar-refractivity contribution in [2.45, 2.75) is 183 Å². The first-order valence-electron chi connectivity index (χ1n) is 43.8. The standard InChI is InChI=1S/C33H32O4S.C31H30O4S.C24H18O4S.C22H16O2S/c1-2-3-7-22-12-17-24(18-13-22)37-30(34)21-16-23-14-19-25(20-15-23)38-29-11-6-10-28-31(29)33(36)27-9-5-4-8-26(27)32(28)35;1-2-3-7-20-12-16-22(17-13-20)35-31(34)21-14-18-23(19-15-21)36-27-11-6-10-26-28(27)30(33)25-9-5-4-8-24(25)29(26)32;1-3-28-24(27)16-12-11-15(13-14(16)2)29-20-10-6-9-19-21(20)23(26)18-8-5-4-7-17(18)22(19)25;1-13-6-5-7-15(12-13)25-22-14(2)10-11-18-19(22)21(24)17-9-4-3-8-16(17)20(18)23/h4-6,8-11,14-16,19-22,24H,2-3,7,12-13,17-18H2,1H3;4-6,8-11,14-15,18-20,22H,2-3,7,12-13,16-17H2,1H3;4-13H,3H2,1-2H3;3-12H,1-2H3. The van der Waals surface area contributed by atoms with Crippen LogP contribution in [-0.4, -0.2) is 83.0 Å². The molecule has 128 heavy (non-hydrogen) atoms. The van der Waals surface area contributed by atoms with Gasteiger partial charge in [0, 0.05) is 134 Å². The van der Waals surface area contributed by atoms with E-state index in [9.17, 15) is 52.7 Å². The van der Waals surface area contributed by atoms with Crippen molar-refractivity contribution in [3.05, 3.63) is 383 Å². The van der Waals surface area contributed by atoms with Crippen LogP contribution in [0.1, 0.15) is 281 Å². The number of esters is 3. The van der Waals surface area contributed by atoms with E-state index in [1.54, 1.807) is 170 Å². The van der Waals surface area contributed by atoms with Crippen LogP contribution in [0.3, 0.4) is 0 Å². The summed E-state index contributed by atoms with van der Waals surface area (Å²) in [5, 5.41) is 0. The summed E-state index contributed by atoms with van der Waals surface area (Å²) < 4.78 is 16.5. The van der Waals surface area contributed by atoms with E-state index in [1.807, 2.05) is 124 Å². The molecule has 18 rings (SSSR count). The Hall–Kier alpha value is -12.5. The highest BCUT2D eigenvalue weighted by molar-refractivity contribution is 8.00. The van der Waals surface area contributed by atoms with Crippen molar-refractivity contribution in [3.8, 4) is 0 Å². The van der Waals surface area contributed by atoms with Crippen LogP contribution in [0.25, 0.3) is 6.08 Å². The van der Waals surface area contributed by atoms with Gasteiger partial charge in [-0.3, -0.25) is 38.4 Å². The topological polar surface area (TPSA) is 215 Å². The molecular weight excluding hydrogens is 1670 g/mol. The summed E-state index contributed by atoms with van der Waals surface area (Å²) in [4.78, 5) is 148. The third kappa shape index (κ3) is 20.4. The van der Waals surface area contributed by atoms with E-state index >= 15 is 0 Å². The molecule has 0 spiro atoms. The molecule has 2 fully saturated rings. The van der Waals surface area contributed by atoms with Crippen molar-refractivity contribution < 1.29 is 67.0 Å². The van der Waals surface area contributed by atoms with E-state index in [4.69, 9.17) is 14.2 Å². The molecular formula is C110H96O14S4. The first-order chi connectivity index (χ1) is 62.1. The van der Waals surface area contributed by atoms with Gasteiger partial charge in [0.05, 0.1) is 17.7 Å². The molecule has 0 aromatic heterocycles. The molecule has 12 aromatic rings. The van der Waals surface area contributed by atoms with Crippen molar-refractivity contribution in [2.75, 3.05) is 6.61 Å². The molecule has 18 heteroatoms. The number of ketones is 8. The predicted molar refractivity (Wildman–Crippen MR) is 503 cm³/mol. The molecule has 14 nitrogen and oxygen atoms in total. The summed E-state index contributed by atoms with van der Waals surface area (Å²) in [5.74, 6) is -0.268. The second kappa shape index (κ2) is 41.5. The number of ether oxygens (including phenoxy) is 3. The Morgan fingerprint density at radius 3 is 1.13 bits per heavy atom. The van der Waals surface area contributed by atoms with Gasteiger partial charge in [-0.15, -0.1) is 0 Å². The molecule has 0 heterocycles. The maximum absolute atomic E-state index is 13.2. The average molecular weight is 1770 g/mol. The van der Waals surface area contributed by atoms with Crippen molar-refractivity contribution in [2.24, 2.45) is 11.8 Å². The highest BCUT2D eigenvalue weighted by Gasteiger charge is 2.37. The number of hydrogen-bond donors (Lipinski definition) is 0. The minimum atomic E-state index is -0.351. The van der Waals surface area contributed by atoms with Gasteiger partial charge in [-0.2, -0.15) is 0 Å². The SMILES string of the molecule is CCCCC1CCC(OC(=O)C=Cc2ccc(Sc3cccc4c3C(=O)c3ccccc3C4=O)cc2)CC1.CCCCC1CCC(OC(=O)c2ccc(Sc3cccc4c3C(=O)c3ccccc3C4=O)cc2)CC1.CCOC(=O)c1ccc(Sc2cccc3c2C(=O)c2ccccc2C3=O)cc1C.Cc1cccc(Sc2c(C)ccc3c2C(=O)c2ccccc2C3=O)c1. The molecule has 0 saturated heterocycles. The Morgan fingerprint density at radius 2 is 0.711 bits per heavy atom. The summed E-state index contributed by atoms with van der Waals surface area (Å²) >= 11 is 5.83. The minimum Gasteiger partial charge on any atom is -0.462 e. The third-order valence-corrected chi connectivity index (χ3v) is 28.4. The number of hydrogen-bond acceptors (Lipinski definition) is 18. The molecule has 2 saturated carbocycles. The zero-order chi connectivity index (χ0) is 89.6. The molecule has 0 atom stereocenters. The maximum atomic E-state index is 13.2. The van der Waals surface area contributed by atoms with E-state index in [2.05, 4.69) is 19.9 Å². The van der Waals surface area contributed by atoms with Crippen molar-refractivity contribution in [1.29, 1.82) is 0 Å². The van der Waals surface area contributed by atoms with Crippen LogP contribution in [0, 0.1) is 32.6 Å². The van der Waals surface area contributed by atoms with Crippen LogP contribution in [0.15, 0.2) is 300 Å². The van der Waals surface area contributed by atoms with Crippen LogP contribution >= 0.6 is 47.0 Å². The Kier molecular flexibility index (Phi) is 29.3. The lowest BCUT2D eigenvalue weighted by atomic mass is 9.83. The normalized spacial score (nSPS) is 16.2. The Bertz CT molecular complexity index is 6380. The Morgan fingerprint density at radius 1 is 0.336 bits per heavy atom. The number of aryl methyl sites for hydroxylation is 3. The van der Waals surface area contributed by atoms with E-state index in [-0.39, 0.29) is 76.4 Å². The monoisotopic (exact) mass is 1770 g/mol. The van der Waals surface area contributed by atoms with E-state index in [0.29, 0.717) is 107 Å². The zero-order valence-corrected chi connectivity index (χ0v) is 75.4. The molecule has 6 aliphatic rings. The summed E-state index contributed by atoms with van der Waals surface area (Å²) in [6.07, 6.45) is 19.3. The Labute approximate surface area is 763 Å². The van der Waals surface area contributed by atoms with Gasteiger partial charge in [-0.05, 0) is 205 Å². The van der Waals surface area contributed by atoms with Gasteiger partial charge < -0.3 is 14.2 Å². The second-order valence-electron chi connectivity index (χ2n) is 32.7. The number of benzene rings is 12. The fourth-order valence-corrected chi connectivity index (χ4v) is 21.5. The predicted octanol–water partition coefficient (Wildman–Crippen LogP) is 25.8. The lowest BCUT2D eigenvalue weighted by Gasteiger charge is -2.28. The highest BCUT2D eigenvalue weighted by atomic mass is 32.2. The van der Waals surface area contributed by atoms with Crippen LogP contribution in [-0.2, 0) is 19.0 Å². The second-order valence-corrected chi connectivity index (χ2v) is 37.2. The fourth-order valence-electron chi connectivity index (χ4n) is 17.3. The van der Waals surface area contributed by atoms with Gasteiger partial charge in [0.1, 0.15) is 12.2 Å². The minimum absolute atomic E-state index is 0.00620. The van der Waals surface area contributed by atoms with Crippen molar-refractivity contribution in [3.63, 3.8) is 0 Å². The molecule has 0 N–H and O–H groups in total. The maximum Gasteiger partial charge on any atom is 0.338 e. The molecule has 6 aliphatic carbocycles. The first kappa shape index (κ1) is 90.3. The quantitative estimate of drug-likeness (QED) is 0.0371. The third-order valence-electron chi connectivity index (χ3n) is 24.0. The lowest BCUT2D eigenvalue weighted by molar-refractivity contribution is -0.144. The fraction of sp³-hybridized carbons (Fsp3) is 0.227. The Balaban J connectivity index is 0.000000133. The van der Waals surface area contributed by atoms with E-state index < -0.39 is 0 Å². The summed E-state index contributed by atoms with van der Waals surface area (Å²) in [6, 6.07) is 76.4. The molecule has 12 aromatic carbocycles. The zero-order valence-electron chi connectivity index (χ0n) is 72.2. The van der Waals surface area contributed by atoms with Gasteiger partial charge in [0.15, 0.2) is 46.3 Å². The molecule has 0 unspecified atom stereocenters. The van der Waals surface area contributed by atoms with Crippen molar-refractivity contribution in [1.82, 2.24) is 0 Å². The van der Waals surface area contributed by atoms with Crippen LogP contribution in [0.4, 0.5) is 0 Å². The highest BCUT2D eigenvalue weighted by Crippen LogP contribution is 2.45. The van der Waals surface area contributed by atoms with Crippen LogP contribution in [0.5, 0.6) is 0 Å². The molecule has 0 radical (unpaired) electrons. The lowest BCUT2D eigenvalue weighted by Crippen LogP contribution is -2.24. The van der Waals surface area contributed by atoms with Crippen molar-refractivity contribution >= 4 is 117 Å². The van der Waals surface area contributed by atoms with E-state index in [0.717, 1.165) is 119 Å². The summed E-state index contributed by atoms with van der Waals surface area (Å²) in [7, 11) is 0. The number of carbonyl (C=O) groups is 11. The van der Waals surface area contributed by atoms with Gasteiger partial charge >= 0.3 is 17.9 Å². The molecule has 0 amide bonds. The smallest absolute Gasteiger partial charge is 0.338 e. The first-order valence-corrected chi connectivity index (χ1v) is 47.0. The van der Waals surface area contributed by atoms with Gasteiger partial charge in [-0.1, -0.05) is 269 Å². The van der Waals surface area contributed by atoms with Gasteiger partial charge in [-0.25, -0.2) is 14.4 Å². The number of rotatable bonds is 21. The molecule has 644 valence electrons. The largest absolute Gasteiger partial charge is 0.462 e. The molecule has 0 aliphatic heterocycles. The number of carbonyl (C=O) groups excluding carboxylic acids is 11. The number of fused-ring (bicyclic) bond motifs is 8. The summed E-state index contributed by atoms with van der Waals surface area (Å²) in [5.41, 5.74) is 12.3.